The number of nitrogens with one attached hydrogen (secondary N) is 1. The van der Waals surface area contributed by atoms with Gasteiger partial charge in [-0.15, -0.1) is 0 Å². The molecule has 0 aliphatic heterocycles. The van der Waals surface area contributed by atoms with Crippen molar-refractivity contribution in [3.63, 3.8) is 0 Å². The van der Waals surface area contributed by atoms with Crippen LogP contribution in [0.15, 0.2) is 28.7 Å². The molecule has 19 heavy (non-hydrogen) atoms. The topological polar surface area (TPSA) is 12.0 Å². The van der Waals surface area contributed by atoms with Crippen molar-refractivity contribution < 1.29 is 0 Å². The first-order chi connectivity index (χ1) is 9.17. The van der Waals surface area contributed by atoms with Crippen LogP contribution in [0.2, 0.25) is 0 Å². The Hall–Kier alpha value is -0.340. The average molecular weight is 326 g/mol. The molecule has 0 amide bonds. The highest BCUT2D eigenvalue weighted by atomic mass is 79.9. The van der Waals surface area contributed by atoms with Crippen molar-refractivity contribution >= 4 is 15.9 Å². The van der Waals surface area contributed by atoms with Crippen molar-refractivity contribution in [1.29, 1.82) is 0 Å². The van der Waals surface area contributed by atoms with E-state index in [4.69, 9.17) is 0 Å². The van der Waals surface area contributed by atoms with E-state index in [9.17, 15) is 0 Å². The number of halogens is 1. The standard InChI is InChI=1S/C17H28BrN/c1-4-7-14(3)11-16(13-19-10-5-2)15-8-6-9-17(18)12-15/h6,8-9,12,14,16,19H,4-5,7,10-11,13H2,1-3H3. The Labute approximate surface area is 127 Å². The first-order valence-corrected chi connectivity index (χ1v) is 8.42. The van der Waals surface area contributed by atoms with Gasteiger partial charge in [0.25, 0.3) is 0 Å². The summed E-state index contributed by atoms with van der Waals surface area (Å²) in [5.41, 5.74) is 1.46. The van der Waals surface area contributed by atoms with Crippen molar-refractivity contribution in [1.82, 2.24) is 5.32 Å². The van der Waals surface area contributed by atoms with Gasteiger partial charge in [0.1, 0.15) is 0 Å². The summed E-state index contributed by atoms with van der Waals surface area (Å²) in [6, 6.07) is 8.80. The van der Waals surface area contributed by atoms with Crippen LogP contribution >= 0.6 is 15.9 Å². The van der Waals surface area contributed by atoms with Gasteiger partial charge in [-0.25, -0.2) is 0 Å². The molecule has 0 aliphatic rings. The molecule has 108 valence electrons. The first-order valence-electron chi connectivity index (χ1n) is 7.63. The fraction of sp³-hybridized carbons (Fsp3) is 0.647. The van der Waals surface area contributed by atoms with Gasteiger partial charge in [0, 0.05) is 11.0 Å². The zero-order valence-corrected chi connectivity index (χ0v) is 14.2. The van der Waals surface area contributed by atoms with Gasteiger partial charge in [-0.3, -0.25) is 0 Å². The molecule has 0 bridgehead atoms. The smallest absolute Gasteiger partial charge is 0.0178 e. The fourth-order valence-electron chi connectivity index (χ4n) is 2.65. The van der Waals surface area contributed by atoms with E-state index < -0.39 is 0 Å². The minimum Gasteiger partial charge on any atom is -0.316 e. The lowest BCUT2D eigenvalue weighted by Gasteiger charge is -2.22. The molecule has 0 heterocycles. The van der Waals surface area contributed by atoms with Crippen molar-refractivity contribution in [3.05, 3.63) is 34.3 Å². The molecule has 0 radical (unpaired) electrons. The Balaban J connectivity index is 2.67. The number of rotatable bonds is 9. The van der Waals surface area contributed by atoms with E-state index in [1.165, 1.54) is 35.7 Å². The molecule has 0 fully saturated rings. The summed E-state index contributed by atoms with van der Waals surface area (Å²) in [4.78, 5) is 0. The lowest BCUT2D eigenvalue weighted by molar-refractivity contribution is 0.420. The third-order valence-corrected chi connectivity index (χ3v) is 4.10. The van der Waals surface area contributed by atoms with E-state index in [1.807, 2.05) is 0 Å². The van der Waals surface area contributed by atoms with Crippen LogP contribution in [0.25, 0.3) is 0 Å². The zero-order valence-electron chi connectivity index (χ0n) is 12.6. The van der Waals surface area contributed by atoms with Gasteiger partial charge in [-0.1, -0.05) is 61.7 Å². The Kier molecular flexibility index (Phi) is 8.40. The molecule has 0 aliphatic carbocycles. The molecule has 0 saturated carbocycles. The molecule has 1 nitrogen and oxygen atoms in total. The Morgan fingerprint density at radius 1 is 1.21 bits per heavy atom. The summed E-state index contributed by atoms with van der Waals surface area (Å²) < 4.78 is 1.19. The molecule has 1 aromatic rings. The lowest BCUT2D eigenvalue weighted by Crippen LogP contribution is -2.23. The van der Waals surface area contributed by atoms with Crippen molar-refractivity contribution in [2.75, 3.05) is 13.1 Å². The SMILES string of the molecule is CCCNCC(CC(C)CCC)c1cccc(Br)c1. The number of benzene rings is 1. The summed E-state index contributed by atoms with van der Waals surface area (Å²) in [5, 5.41) is 3.59. The monoisotopic (exact) mass is 325 g/mol. The maximum atomic E-state index is 3.59. The average Bonchev–Trinajstić information content (AvgIpc) is 2.38. The van der Waals surface area contributed by atoms with Gasteiger partial charge in [-0.05, 0) is 48.9 Å². The van der Waals surface area contributed by atoms with E-state index in [1.54, 1.807) is 0 Å². The van der Waals surface area contributed by atoms with Gasteiger partial charge in [0.05, 0.1) is 0 Å². The summed E-state index contributed by atoms with van der Waals surface area (Å²) in [6.07, 6.45) is 5.10. The summed E-state index contributed by atoms with van der Waals surface area (Å²) in [6.45, 7) is 9.10. The Morgan fingerprint density at radius 2 is 2.00 bits per heavy atom. The minimum absolute atomic E-state index is 0.630. The predicted octanol–water partition coefficient (Wildman–Crippen LogP) is 5.36. The molecular weight excluding hydrogens is 298 g/mol. The predicted molar refractivity (Wildman–Crippen MR) is 88.7 cm³/mol. The maximum Gasteiger partial charge on any atom is 0.0178 e. The van der Waals surface area contributed by atoms with E-state index in [2.05, 4.69) is 66.3 Å². The van der Waals surface area contributed by atoms with Crippen molar-refractivity contribution in [3.8, 4) is 0 Å². The highest BCUT2D eigenvalue weighted by molar-refractivity contribution is 9.10. The fourth-order valence-corrected chi connectivity index (χ4v) is 3.06. The molecule has 1 aromatic carbocycles. The highest BCUT2D eigenvalue weighted by Gasteiger charge is 2.15. The second-order valence-electron chi connectivity index (χ2n) is 5.59. The van der Waals surface area contributed by atoms with Gasteiger partial charge in [-0.2, -0.15) is 0 Å². The molecule has 2 heteroatoms. The quantitative estimate of drug-likeness (QED) is 0.603. The molecular formula is C17H28BrN. The normalized spacial score (nSPS) is 14.3. The first kappa shape index (κ1) is 16.7. The molecule has 0 spiro atoms. The van der Waals surface area contributed by atoms with Crippen LogP contribution in [0.4, 0.5) is 0 Å². The van der Waals surface area contributed by atoms with Gasteiger partial charge >= 0.3 is 0 Å². The van der Waals surface area contributed by atoms with Crippen molar-refractivity contribution in [2.45, 2.75) is 52.4 Å². The molecule has 2 atom stereocenters. The minimum atomic E-state index is 0.630. The van der Waals surface area contributed by atoms with Crippen LogP contribution in [-0.4, -0.2) is 13.1 Å². The van der Waals surface area contributed by atoms with Crippen molar-refractivity contribution in [2.24, 2.45) is 5.92 Å². The highest BCUT2D eigenvalue weighted by Crippen LogP contribution is 2.27. The van der Waals surface area contributed by atoms with Gasteiger partial charge < -0.3 is 5.32 Å². The second kappa shape index (κ2) is 9.55. The Morgan fingerprint density at radius 3 is 2.63 bits per heavy atom. The van der Waals surface area contributed by atoms with Crippen LogP contribution in [0, 0.1) is 5.92 Å². The Bertz CT molecular complexity index is 351. The molecule has 2 unspecified atom stereocenters. The zero-order chi connectivity index (χ0) is 14.1. The van der Waals surface area contributed by atoms with Crippen LogP contribution < -0.4 is 5.32 Å². The van der Waals surface area contributed by atoms with Crippen LogP contribution in [0.1, 0.15) is 57.9 Å². The molecule has 0 saturated heterocycles. The largest absolute Gasteiger partial charge is 0.316 e. The summed E-state index contributed by atoms with van der Waals surface area (Å²) in [5.74, 6) is 1.43. The van der Waals surface area contributed by atoms with Gasteiger partial charge in [0.2, 0.25) is 0 Å². The van der Waals surface area contributed by atoms with Crippen LogP contribution in [0.5, 0.6) is 0 Å². The van der Waals surface area contributed by atoms with E-state index >= 15 is 0 Å². The van der Waals surface area contributed by atoms with E-state index in [0.29, 0.717) is 5.92 Å². The summed E-state index contributed by atoms with van der Waals surface area (Å²) >= 11 is 3.59. The third kappa shape index (κ3) is 6.58. The number of hydrogen-bond donors (Lipinski definition) is 1. The molecule has 0 aromatic heterocycles. The van der Waals surface area contributed by atoms with Gasteiger partial charge in [0.15, 0.2) is 0 Å². The maximum absolute atomic E-state index is 3.59. The van der Waals surface area contributed by atoms with E-state index in [-0.39, 0.29) is 0 Å². The second-order valence-corrected chi connectivity index (χ2v) is 6.50. The van der Waals surface area contributed by atoms with Crippen LogP contribution in [0.3, 0.4) is 0 Å². The van der Waals surface area contributed by atoms with Crippen LogP contribution in [-0.2, 0) is 0 Å². The summed E-state index contributed by atoms with van der Waals surface area (Å²) in [7, 11) is 0. The molecule has 1 N–H and O–H groups in total. The lowest BCUT2D eigenvalue weighted by atomic mass is 9.87. The number of hydrogen-bond acceptors (Lipinski definition) is 1. The molecule has 1 rings (SSSR count). The van der Waals surface area contributed by atoms with E-state index in [0.717, 1.165) is 19.0 Å². The third-order valence-electron chi connectivity index (χ3n) is 3.61.